The van der Waals surface area contributed by atoms with Gasteiger partial charge in [-0.25, -0.2) is 0 Å². The van der Waals surface area contributed by atoms with E-state index in [2.05, 4.69) is 23.5 Å². The van der Waals surface area contributed by atoms with Crippen LogP contribution < -0.4 is 10.1 Å². The van der Waals surface area contributed by atoms with E-state index in [1.165, 1.54) is 0 Å². The van der Waals surface area contributed by atoms with Crippen molar-refractivity contribution in [2.45, 2.75) is 6.61 Å². The van der Waals surface area contributed by atoms with Crippen molar-refractivity contribution in [3.63, 3.8) is 0 Å². The molecule has 4 aromatic rings. The van der Waals surface area contributed by atoms with Crippen molar-refractivity contribution in [3.8, 4) is 5.75 Å². The van der Waals surface area contributed by atoms with Crippen molar-refractivity contribution in [2.24, 2.45) is 0 Å². The van der Waals surface area contributed by atoms with Crippen molar-refractivity contribution in [3.05, 3.63) is 114 Å². The van der Waals surface area contributed by atoms with Gasteiger partial charge in [0.05, 0.1) is 0 Å². The summed E-state index contributed by atoms with van der Waals surface area (Å²) in [6.45, 7) is 0.514. The van der Waals surface area contributed by atoms with E-state index >= 15 is 0 Å². The summed E-state index contributed by atoms with van der Waals surface area (Å²) in [7, 11) is 0. The van der Waals surface area contributed by atoms with E-state index in [1.54, 1.807) is 6.08 Å². The Morgan fingerprint density at radius 1 is 0.793 bits per heavy atom. The van der Waals surface area contributed by atoms with E-state index in [0.717, 1.165) is 33.3 Å². The number of carbonyl (C=O) groups is 1. The molecule has 0 saturated heterocycles. The lowest BCUT2D eigenvalue weighted by molar-refractivity contribution is -0.111. The lowest BCUT2D eigenvalue weighted by Crippen LogP contribution is -2.07. The summed E-state index contributed by atoms with van der Waals surface area (Å²) < 4.78 is 5.77. The molecule has 0 aliphatic heterocycles. The zero-order chi connectivity index (χ0) is 19.9. The highest BCUT2D eigenvalue weighted by atomic mass is 16.5. The van der Waals surface area contributed by atoms with Crippen LogP contribution in [0.1, 0.15) is 11.1 Å². The maximum Gasteiger partial charge on any atom is 0.248 e. The second kappa shape index (κ2) is 8.89. The number of hydrogen-bond donors (Lipinski definition) is 1. The fourth-order valence-electron chi connectivity index (χ4n) is 3.12. The lowest BCUT2D eigenvalue weighted by atomic mass is 10.0. The number of benzene rings is 4. The summed E-state index contributed by atoms with van der Waals surface area (Å²) in [4.78, 5) is 12.3. The first-order chi connectivity index (χ1) is 14.3. The lowest BCUT2D eigenvalue weighted by Gasteiger charge is -2.08. The van der Waals surface area contributed by atoms with Crippen LogP contribution in [-0.2, 0) is 11.4 Å². The van der Waals surface area contributed by atoms with Gasteiger partial charge >= 0.3 is 0 Å². The molecule has 3 heteroatoms. The van der Waals surface area contributed by atoms with Crippen LogP contribution >= 0.6 is 0 Å². The Morgan fingerprint density at radius 3 is 2.34 bits per heavy atom. The van der Waals surface area contributed by atoms with Crippen LogP contribution in [0.25, 0.3) is 16.8 Å². The Morgan fingerprint density at radius 2 is 1.52 bits per heavy atom. The minimum Gasteiger partial charge on any atom is -0.489 e. The normalized spacial score (nSPS) is 10.9. The molecular formula is C26H21NO2. The number of rotatable bonds is 6. The minimum atomic E-state index is -0.170. The van der Waals surface area contributed by atoms with Crippen LogP contribution in [-0.4, -0.2) is 5.91 Å². The zero-order valence-corrected chi connectivity index (χ0v) is 15.9. The second-order valence-corrected chi connectivity index (χ2v) is 6.69. The molecule has 0 atom stereocenters. The molecule has 0 heterocycles. The zero-order valence-electron chi connectivity index (χ0n) is 15.9. The monoisotopic (exact) mass is 379 g/mol. The SMILES string of the molecule is O=C(C=Cc1cccc2ccccc12)Nc1ccc(OCc2ccccc2)cc1. The molecule has 0 aliphatic carbocycles. The van der Waals surface area contributed by atoms with E-state index in [4.69, 9.17) is 4.74 Å². The van der Waals surface area contributed by atoms with E-state index in [9.17, 15) is 4.79 Å². The Bertz CT molecular complexity index is 1130. The molecule has 0 aromatic heterocycles. The molecule has 1 N–H and O–H groups in total. The van der Waals surface area contributed by atoms with Crippen LogP contribution in [0.4, 0.5) is 5.69 Å². The number of ether oxygens (including phenoxy) is 1. The number of carbonyl (C=O) groups excluding carboxylic acids is 1. The van der Waals surface area contributed by atoms with Gasteiger partial charge in [-0.15, -0.1) is 0 Å². The number of hydrogen-bond acceptors (Lipinski definition) is 2. The molecule has 0 bridgehead atoms. The van der Waals surface area contributed by atoms with Gasteiger partial charge in [0.2, 0.25) is 5.91 Å². The molecule has 1 amide bonds. The fraction of sp³-hybridized carbons (Fsp3) is 0.0385. The highest BCUT2D eigenvalue weighted by molar-refractivity contribution is 6.03. The molecule has 29 heavy (non-hydrogen) atoms. The molecule has 0 radical (unpaired) electrons. The van der Waals surface area contributed by atoms with Gasteiger partial charge in [-0.2, -0.15) is 0 Å². The van der Waals surface area contributed by atoms with Gasteiger partial charge in [-0.1, -0.05) is 72.8 Å². The maximum absolute atomic E-state index is 12.3. The molecule has 0 saturated carbocycles. The van der Waals surface area contributed by atoms with E-state index in [0.29, 0.717) is 6.61 Å². The average Bonchev–Trinajstić information content (AvgIpc) is 2.78. The van der Waals surface area contributed by atoms with Gasteiger partial charge in [-0.05, 0) is 52.2 Å². The minimum absolute atomic E-state index is 0.170. The summed E-state index contributed by atoms with van der Waals surface area (Å²) in [5.74, 6) is 0.592. The molecule has 4 rings (SSSR count). The van der Waals surface area contributed by atoms with E-state index in [-0.39, 0.29) is 5.91 Å². The predicted molar refractivity (Wildman–Crippen MR) is 119 cm³/mol. The third-order valence-electron chi connectivity index (χ3n) is 4.61. The van der Waals surface area contributed by atoms with Crippen molar-refractivity contribution < 1.29 is 9.53 Å². The summed E-state index contributed by atoms with van der Waals surface area (Å²) in [5.41, 5.74) is 2.86. The molecule has 142 valence electrons. The molecule has 3 nitrogen and oxygen atoms in total. The first kappa shape index (κ1) is 18.5. The summed E-state index contributed by atoms with van der Waals surface area (Å²) in [6.07, 6.45) is 3.40. The Balaban J connectivity index is 1.36. The highest BCUT2D eigenvalue weighted by Crippen LogP contribution is 2.20. The molecule has 0 aliphatic rings. The number of fused-ring (bicyclic) bond motifs is 1. The first-order valence-corrected chi connectivity index (χ1v) is 9.51. The van der Waals surface area contributed by atoms with Crippen molar-refractivity contribution >= 4 is 28.4 Å². The standard InChI is InChI=1S/C26H21NO2/c28-26(18-13-22-11-6-10-21-9-4-5-12-25(21)22)27-23-14-16-24(17-15-23)29-19-20-7-2-1-3-8-20/h1-18H,19H2,(H,27,28). The molecular weight excluding hydrogens is 358 g/mol. The molecule has 0 unspecified atom stereocenters. The second-order valence-electron chi connectivity index (χ2n) is 6.69. The third-order valence-corrected chi connectivity index (χ3v) is 4.61. The van der Waals surface area contributed by atoms with Crippen LogP contribution in [0.2, 0.25) is 0 Å². The number of anilines is 1. The first-order valence-electron chi connectivity index (χ1n) is 9.51. The van der Waals surface area contributed by atoms with Gasteiger partial charge in [0, 0.05) is 11.8 Å². The van der Waals surface area contributed by atoms with E-state index in [1.807, 2.05) is 84.9 Å². The van der Waals surface area contributed by atoms with Gasteiger partial charge in [0.1, 0.15) is 12.4 Å². The van der Waals surface area contributed by atoms with Gasteiger partial charge in [-0.3, -0.25) is 4.79 Å². The van der Waals surface area contributed by atoms with Crippen molar-refractivity contribution in [1.29, 1.82) is 0 Å². The van der Waals surface area contributed by atoms with Crippen molar-refractivity contribution in [1.82, 2.24) is 0 Å². The smallest absolute Gasteiger partial charge is 0.248 e. The summed E-state index contributed by atoms with van der Waals surface area (Å²) in [6, 6.07) is 31.6. The van der Waals surface area contributed by atoms with Crippen LogP contribution in [0.5, 0.6) is 5.75 Å². The molecule has 0 spiro atoms. The van der Waals surface area contributed by atoms with Gasteiger partial charge in [0.25, 0.3) is 0 Å². The van der Waals surface area contributed by atoms with Crippen LogP contribution in [0, 0.1) is 0 Å². The average molecular weight is 379 g/mol. The summed E-state index contributed by atoms with van der Waals surface area (Å²) >= 11 is 0. The van der Waals surface area contributed by atoms with Crippen LogP contribution in [0.3, 0.4) is 0 Å². The molecule has 4 aromatic carbocycles. The molecule has 0 fully saturated rings. The van der Waals surface area contributed by atoms with Crippen molar-refractivity contribution in [2.75, 3.05) is 5.32 Å². The summed E-state index contributed by atoms with van der Waals surface area (Å²) in [5, 5.41) is 5.16. The Labute approximate surface area is 170 Å². The largest absolute Gasteiger partial charge is 0.489 e. The third kappa shape index (κ3) is 4.90. The topological polar surface area (TPSA) is 38.3 Å². The fourth-order valence-corrected chi connectivity index (χ4v) is 3.12. The number of amides is 1. The Hall–Kier alpha value is -3.85. The highest BCUT2D eigenvalue weighted by Gasteiger charge is 2.01. The number of nitrogens with one attached hydrogen (secondary N) is 1. The van der Waals surface area contributed by atoms with E-state index < -0.39 is 0 Å². The van der Waals surface area contributed by atoms with Gasteiger partial charge in [0.15, 0.2) is 0 Å². The maximum atomic E-state index is 12.3. The van der Waals surface area contributed by atoms with Crippen LogP contribution in [0.15, 0.2) is 103 Å². The quantitative estimate of drug-likeness (QED) is 0.413. The predicted octanol–water partition coefficient (Wildman–Crippen LogP) is 6.07. The Kier molecular flexibility index (Phi) is 5.68. The van der Waals surface area contributed by atoms with Gasteiger partial charge < -0.3 is 10.1 Å².